The first-order chi connectivity index (χ1) is 12.8. The minimum absolute atomic E-state index is 0.130. The van der Waals surface area contributed by atoms with E-state index in [-0.39, 0.29) is 12.3 Å². The van der Waals surface area contributed by atoms with Crippen LogP contribution in [-0.4, -0.2) is 34.8 Å². The van der Waals surface area contributed by atoms with Crippen LogP contribution in [0, 0.1) is 0 Å². The number of aromatic nitrogens is 2. The highest BCUT2D eigenvalue weighted by Crippen LogP contribution is 2.31. The van der Waals surface area contributed by atoms with E-state index in [0.717, 1.165) is 17.5 Å². The Morgan fingerprint density at radius 2 is 1.74 bits per heavy atom. The van der Waals surface area contributed by atoms with Gasteiger partial charge in [-0.15, -0.1) is 0 Å². The van der Waals surface area contributed by atoms with Gasteiger partial charge in [0.25, 0.3) is 0 Å². The predicted octanol–water partition coefficient (Wildman–Crippen LogP) is 3.58. The summed E-state index contributed by atoms with van der Waals surface area (Å²) in [4.78, 5) is 0. The van der Waals surface area contributed by atoms with Gasteiger partial charge < -0.3 is 0 Å². The van der Waals surface area contributed by atoms with E-state index in [2.05, 4.69) is 5.10 Å². The molecule has 1 aliphatic heterocycles. The van der Waals surface area contributed by atoms with E-state index in [1.165, 1.54) is 16.4 Å². The highest BCUT2D eigenvalue weighted by molar-refractivity contribution is 7.89. The molecular formula is C18H16F3N3O2S. The molecule has 2 heterocycles. The maximum Gasteiger partial charge on any atom is 0.416 e. The average Bonchev–Trinajstić information content (AvgIpc) is 3.15. The van der Waals surface area contributed by atoms with Crippen LogP contribution in [0.5, 0.6) is 0 Å². The maximum atomic E-state index is 12.8. The Kier molecular flexibility index (Phi) is 4.23. The number of hydrogen-bond acceptors (Lipinski definition) is 3. The molecule has 0 spiro atoms. The first-order valence-corrected chi connectivity index (χ1v) is 9.99. The second kappa shape index (κ2) is 6.35. The highest BCUT2D eigenvalue weighted by atomic mass is 32.2. The standard InChI is InChI=1S/C18H16F3N3O2S/c19-18(20,21)13-6-8-14(9-7-13)24-17-5-2-1-4-15(17)16(22-24)12-23-10-3-11-27(23,25)26/h1-2,4-9H,3,10-12H2. The number of alkyl halides is 3. The number of benzene rings is 2. The van der Waals surface area contributed by atoms with Crippen molar-refractivity contribution in [1.29, 1.82) is 0 Å². The third-order valence-electron chi connectivity index (χ3n) is 4.63. The highest BCUT2D eigenvalue weighted by Gasteiger charge is 2.31. The Morgan fingerprint density at radius 1 is 1.04 bits per heavy atom. The van der Waals surface area contributed by atoms with Gasteiger partial charge in [0.2, 0.25) is 10.0 Å². The van der Waals surface area contributed by atoms with Crippen LogP contribution < -0.4 is 0 Å². The van der Waals surface area contributed by atoms with Crippen molar-refractivity contribution in [2.45, 2.75) is 19.1 Å². The van der Waals surface area contributed by atoms with Crippen LogP contribution in [0.15, 0.2) is 48.5 Å². The first kappa shape index (κ1) is 18.0. The van der Waals surface area contributed by atoms with Crippen LogP contribution in [-0.2, 0) is 22.7 Å². The Morgan fingerprint density at radius 3 is 2.37 bits per heavy atom. The zero-order valence-electron chi connectivity index (χ0n) is 14.1. The number of halogens is 3. The molecule has 142 valence electrons. The van der Waals surface area contributed by atoms with Crippen LogP contribution >= 0.6 is 0 Å². The molecule has 1 fully saturated rings. The lowest BCUT2D eigenvalue weighted by Crippen LogP contribution is -2.25. The summed E-state index contributed by atoms with van der Waals surface area (Å²) in [5.41, 5.74) is 1.04. The number of para-hydroxylation sites is 1. The van der Waals surface area contributed by atoms with Gasteiger partial charge in [-0.3, -0.25) is 0 Å². The Balaban J connectivity index is 1.76. The Labute approximate surface area is 154 Å². The smallest absolute Gasteiger partial charge is 0.233 e. The van der Waals surface area contributed by atoms with Crippen LogP contribution in [0.3, 0.4) is 0 Å². The van der Waals surface area contributed by atoms with Crippen LogP contribution in [0.1, 0.15) is 17.7 Å². The van der Waals surface area contributed by atoms with Crippen LogP contribution in [0.2, 0.25) is 0 Å². The molecule has 0 radical (unpaired) electrons. The molecule has 1 aliphatic rings. The van der Waals surface area contributed by atoms with Crippen molar-refractivity contribution in [3.05, 3.63) is 59.8 Å². The predicted molar refractivity (Wildman–Crippen MR) is 94.9 cm³/mol. The molecule has 0 N–H and O–H groups in total. The fraction of sp³-hybridized carbons (Fsp3) is 0.278. The quantitative estimate of drug-likeness (QED) is 0.681. The van der Waals surface area contributed by atoms with Crippen LogP contribution in [0.25, 0.3) is 16.6 Å². The summed E-state index contributed by atoms with van der Waals surface area (Å²) in [5.74, 6) is 0.130. The monoisotopic (exact) mass is 395 g/mol. The topological polar surface area (TPSA) is 55.2 Å². The largest absolute Gasteiger partial charge is 0.416 e. The summed E-state index contributed by atoms with van der Waals surface area (Å²) in [6.45, 7) is 0.598. The lowest BCUT2D eigenvalue weighted by molar-refractivity contribution is -0.137. The molecule has 0 bridgehead atoms. The summed E-state index contributed by atoms with van der Waals surface area (Å²) in [6, 6.07) is 12.0. The number of nitrogens with zero attached hydrogens (tertiary/aromatic N) is 3. The first-order valence-electron chi connectivity index (χ1n) is 8.38. The van der Waals surface area contributed by atoms with E-state index < -0.39 is 21.8 Å². The fourth-order valence-corrected chi connectivity index (χ4v) is 4.75. The second-order valence-corrected chi connectivity index (χ2v) is 8.51. The minimum atomic E-state index is -4.40. The molecule has 9 heteroatoms. The lowest BCUT2D eigenvalue weighted by Gasteiger charge is -2.12. The molecule has 1 aromatic heterocycles. The van der Waals surface area contributed by atoms with Gasteiger partial charge in [-0.1, -0.05) is 18.2 Å². The zero-order chi connectivity index (χ0) is 19.2. The molecule has 0 amide bonds. The number of fused-ring (bicyclic) bond motifs is 1. The molecule has 0 aliphatic carbocycles. The van der Waals surface area contributed by atoms with E-state index in [1.807, 2.05) is 18.2 Å². The van der Waals surface area contributed by atoms with E-state index in [9.17, 15) is 21.6 Å². The Bertz CT molecular complexity index is 1090. The molecule has 3 aromatic rings. The third-order valence-corrected chi connectivity index (χ3v) is 6.54. The molecular weight excluding hydrogens is 379 g/mol. The lowest BCUT2D eigenvalue weighted by atomic mass is 10.2. The van der Waals surface area contributed by atoms with Gasteiger partial charge in [0, 0.05) is 11.9 Å². The van der Waals surface area contributed by atoms with Gasteiger partial charge >= 0.3 is 6.18 Å². The van der Waals surface area contributed by atoms with Crippen molar-refractivity contribution < 1.29 is 21.6 Å². The van der Waals surface area contributed by atoms with Crippen molar-refractivity contribution >= 4 is 20.9 Å². The second-order valence-electron chi connectivity index (χ2n) is 6.42. The summed E-state index contributed by atoms with van der Waals surface area (Å²) in [7, 11) is -3.27. The van der Waals surface area contributed by atoms with Gasteiger partial charge in [-0.05, 0) is 36.8 Å². The average molecular weight is 395 g/mol. The van der Waals surface area contributed by atoms with E-state index in [4.69, 9.17) is 0 Å². The summed E-state index contributed by atoms with van der Waals surface area (Å²) < 4.78 is 65.5. The molecule has 0 atom stereocenters. The fourth-order valence-electron chi connectivity index (χ4n) is 3.27. The van der Waals surface area contributed by atoms with E-state index in [1.54, 1.807) is 10.7 Å². The van der Waals surface area contributed by atoms with Gasteiger partial charge in [-0.25, -0.2) is 13.1 Å². The van der Waals surface area contributed by atoms with E-state index in [0.29, 0.717) is 29.9 Å². The summed E-state index contributed by atoms with van der Waals surface area (Å²) in [6.07, 6.45) is -3.82. The SMILES string of the molecule is O=S1(=O)CCCN1Cc1nn(-c2ccc(C(F)(F)F)cc2)c2ccccc12. The van der Waals surface area contributed by atoms with Crippen molar-refractivity contribution in [3.63, 3.8) is 0 Å². The van der Waals surface area contributed by atoms with Crippen molar-refractivity contribution in [2.75, 3.05) is 12.3 Å². The zero-order valence-corrected chi connectivity index (χ0v) is 15.0. The Hall–Kier alpha value is -2.39. The van der Waals surface area contributed by atoms with Gasteiger partial charge in [0.15, 0.2) is 0 Å². The molecule has 27 heavy (non-hydrogen) atoms. The minimum Gasteiger partial charge on any atom is -0.233 e. The van der Waals surface area contributed by atoms with E-state index >= 15 is 0 Å². The maximum absolute atomic E-state index is 12.8. The molecule has 1 saturated heterocycles. The normalized spacial score (nSPS) is 17.6. The van der Waals surface area contributed by atoms with Crippen molar-refractivity contribution in [1.82, 2.24) is 14.1 Å². The molecule has 2 aromatic carbocycles. The van der Waals surface area contributed by atoms with Crippen molar-refractivity contribution in [2.24, 2.45) is 0 Å². The molecule has 0 saturated carbocycles. The molecule has 5 nitrogen and oxygen atoms in total. The molecule has 0 unspecified atom stereocenters. The third kappa shape index (κ3) is 3.32. The molecule has 4 rings (SSSR count). The van der Waals surface area contributed by atoms with Crippen molar-refractivity contribution in [3.8, 4) is 5.69 Å². The number of hydrogen-bond donors (Lipinski definition) is 0. The van der Waals surface area contributed by atoms with Gasteiger partial charge in [0.05, 0.1) is 34.8 Å². The van der Waals surface area contributed by atoms with Gasteiger partial charge in [-0.2, -0.15) is 22.6 Å². The summed E-state index contributed by atoms with van der Waals surface area (Å²) in [5, 5.41) is 5.29. The van der Waals surface area contributed by atoms with Crippen LogP contribution in [0.4, 0.5) is 13.2 Å². The number of sulfonamides is 1. The number of rotatable bonds is 3. The van der Waals surface area contributed by atoms with Gasteiger partial charge in [0.1, 0.15) is 0 Å². The summed E-state index contributed by atoms with van der Waals surface area (Å²) >= 11 is 0.